The van der Waals surface area contributed by atoms with Crippen LogP contribution in [-0.2, 0) is 11.3 Å². The first-order valence-electron chi connectivity index (χ1n) is 8.06. The van der Waals surface area contributed by atoms with Crippen molar-refractivity contribution in [2.75, 3.05) is 19.0 Å². The predicted molar refractivity (Wildman–Crippen MR) is 98.8 cm³/mol. The van der Waals surface area contributed by atoms with Crippen molar-refractivity contribution in [2.24, 2.45) is 0 Å². The van der Waals surface area contributed by atoms with Gasteiger partial charge in [0.1, 0.15) is 17.9 Å². The lowest BCUT2D eigenvalue weighted by atomic mass is 10.1. The zero-order valence-corrected chi connectivity index (χ0v) is 14.8. The smallest absolute Gasteiger partial charge is 0.338 e. The molecule has 3 aromatic rings. The molecule has 0 aliphatic carbocycles. The van der Waals surface area contributed by atoms with Crippen LogP contribution in [0.15, 0.2) is 51.7 Å². The minimum atomic E-state index is -0.563. The average molecular weight is 353 g/mol. The number of phenolic OH excluding ortho intramolecular Hbond substituents is 1. The summed E-state index contributed by atoms with van der Waals surface area (Å²) in [5.41, 5.74) is 2.03. The number of anilines is 1. The van der Waals surface area contributed by atoms with Gasteiger partial charge < -0.3 is 19.2 Å². The van der Waals surface area contributed by atoms with Crippen LogP contribution < -0.4 is 10.5 Å². The Labute approximate surface area is 150 Å². The molecule has 0 spiro atoms. The Bertz CT molecular complexity index is 1040. The summed E-state index contributed by atoms with van der Waals surface area (Å²) in [6.45, 7) is 1.58. The molecule has 0 saturated carbocycles. The van der Waals surface area contributed by atoms with Gasteiger partial charge in [0, 0.05) is 42.4 Å². The van der Waals surface area contributed by atoms with E-state index in [2.05, 4.69) is 0 Å². The number of nitrogens with zero attached hydrogens (tertiary/aromatic N) is 1. The van der Waals surface area contributed by atoms with E-state index in [1.807, 2.05) is 25.1 Å². The third-order valence-corrected chi connectivity index (χ3v) is 4.18. The maximum Gasteiger partial charge on any atom is 0.338 e. The lowest BCUT2D eigenvalue weighted by Crippen LogP contribution is -2.11. The van der Waals surface area contributed by atoms with Gasteiger partial charge in [-0.3, -0.25) is 0 Å². The molecule has 6 nitrogen and oxygen atoms in total. The number of aromatic hydroxyl groups is 1. The van der Waals surface area contributed by atoms with E-state index < -0.39 is 11.6 Å². The molecule has 0 unspecified atom stereocenters. The second-order valence-electron chi connectivity index (χ2n) is 6.20. The first-order chi connectivity index (χ1) is 12.4. The summed E-state index contributed by atoms with van der Waals surface area (Å²) in [5, 5.41) is 10.4. The van der Waals surface area contributed by atoms with Crippen molar-refractivity contribution < 1.29 is 19.1 Å². The predicted octanol–water partition coefficient (Wildman–Crippen LogP) is 3.23. The van der Waals surface area contributed by atoms with Gasteiger partial charge in [-0.05, 0) is 37.3 Å². The molecule has 0 atom stereocenters. The minimum absolute atomic E-state index is 0.0373. The number of carbonyl (C=O) groups is 1. The van der Waals surface area contributed by atoms with Crippen molar-refractivity contribution in [3.05, 3.63) is 69.6 Å². The van der Waals surface area contributed by atoms with Gasteiger partial charge in [0.05, 0.1) is 5.56 Å². The van der Waals surface area contributed by atoms with Gasteiger partial charge >= 0.3 is 11.6 Å². The summed E-state index contributed by atoms with van der Waals surface area (Å²) in [4.78, 5) is 26.1. The Morgan fingerprint density at radius 3 is 2.69 bits per heavy atom. The third kappa shape index (κ3) is 3.39. The monoisotopic (exact) mass is 353 g/mol. The molecule has 0 saturated heterocycles. The highest BCUT2D eigenvalue weighted by Gasteiger charge is 2.14. The first kappa shape index (κ1) is 17.5. The lowest BCUT2D eigenvalue weighted by molar-refractivity contribution is 0.0474. The van der Waals surface area contributed by atoms with Crippen LogP contribution in [0.3, 0.4) is 0 Å². The molecule has 1 N–H and O–H groups in total. The van der Waals surface area contributed by atoms with E-state index in [1.54, 1.807) is 31.2 Å². The first-order valence-corrected chi connectivity index (χ1v) is 8.06. The molecular weight excluding hydrogens is 334 g/mol. The molecular formula is C20H19NO5. The summed E-state index contributed by atoms with van der Waals surface area (Å²) >= 11 is 0. The number of benzene rings is 2. The fraction of sp³-hybridized carbons (Fsp3) is 0.200. The van der Waals surface area contributed by atoms with Crippen LogP contribution in [0.2, 0.25) is 0 Å². The quantitative estimate of drug-likeness (QED) is 0.573. The molecule has 26 heavy (non-hydrogen) atoms. The van der Waals surface area contributed by atoms with Gasteiger partial charge in [0.2, 0.25) is 0 Å². The number of carbonyl (C=O) groups excluding carboxylic acids is 1. The molecule has 2 aromatic carbocycles. The molecule has 0 amide bonds. The SMILES string of the molecule is Cc1c(O)ccc2c(COC(=O)c3cccc(N(C)C)c3)cc(=O)oc12. The maximum absolute atomic E-state index is 12.4. The number of esters is 1. The van der Waals surface area contributed by atoms with E-state index in [9.17, 15) is 14.7 Å². The van der Waals surface area contributed by atoms with Gasteiger partial charge in [-0.25, -0.2) is 9.59 Å². The molecule has 0 bridgehead atoms. The normalized spacial score (nSPS) is 10.7. The topological polar surface area (TPSA) is 80.0 Å². The molecule has 0 radical (unpaired) electrons. The summed E-state index contributed by atoms with van der Waals surface area (Å²) in [7, 11) is 3.77. The highest BCUT2D eigenvalue weighted by Crippen LogP contribution is 2.27. The van der Waals surface area contributed by atoms with Crippen LogP contribution in [0.4, 0.5) is 5.69 Å². The van der Waals surface area contributed by atoms with Crippen molar-refractivity contribution >= 4 is 22.6 Å². The highest BCUT2D eigenvalue weighted by molar-refractivity contribution is 5.91. The van der Waals surface area contributed by atoms with E-state index in [4.69, 9.17) is 9.15 Å². The number of rotatable bonds is 4. The van der Waals surface area contributed by atoms with Gasteiger partial charge in [-0.15, -0.1) is 0 Å². The number of aryl methyl sites for hydroxylation is 1. The van der Waals surface area contributed by atoms with Gasteiger partial charge in [0.15, 0.2) is 0 Å². The Balaban J connectivity index is 1.88. The van der Waals surface area contributed by atoms with Crippen LogP contribution >= 0.6 is 0 Å². The third-order valence-electron chi connectivity index (χ3n) is 4.18. The van der Waals surface area contributed by atoms with Crippen molar-refractivity contribution in [2.45, 2.75) is 13.5 Å². The van der Waals surface area contributed by atoms with Crippen molar-refractivity contribution in [1.29, 1.82) is 0 Å². The van der Waals surface area contributed by atoms with Crippen LogP contribution in [0.5, 0.6) is 5.75 Å². The van der Waals surface area contributed by atoms with E-state index in [1.165, 1.54) is 12.1 Å². The summed E-state index contributed by atoms with van der Waals surface area (Å²) in [5.74, 6) is -0.444. The van der Waals surface area contributed by atoms with Crippen molar-refractivity contribution in [3.8, 4) is 5.75 Å². The van der Waals surface area contributed by atoms with Crippen molar-refractivity contribution in [3.63, 3.8) is 0 Å². The fourth-order valence-electron chi connectivity index (χ4n) is 2.67. The number of fused-ring (bicyclic) bond motifs is 1. The highest BCUT2D eigenvalue weighted by atomic mass is 16.5. The molecule has 0 aliphatic heterocycles. The number of phenols is 1. The van der Waals surface area contributed by atoms with Gasteiger partial charge in [-0.1, -0.05) is 6.07 Å². The molecule has 1 aromatic heterocycles. The number of hydrogen-bond acceptors (Lipinski definition) is 6. The average Bonchev–Trinajstić information content (AvgIpc) is 2.63. The lowest BCUT2D eigenvalue weighted by Gasteiger charge is -2.13. The van der Waals surface area contributed by atoms with Crippen LogP contribution in [-0.4, -0.2) is 25.2 Å². The molecule has 3 rings (SSSR count). The standard InChI is InChI=1S/C20H19NO5/c1-12-17(22)8-7-16-14(10-18(23)26-19(12)16)11-25-20(24)13-5-4-6-15(9-13)21(2)3/h4-10,22H,11H2,1-3H3. The molecule has 6 heteroatoms. The second kappa shape index (κ2) is 6.92. The second-order valence-corrected chi connectivity index (χ2v) is 6.20. The largest absolute Gasteiger partial charge is 0.508 e. The zero-order chi connectivity index (χ0) is 18.8. The summed E-state index contributed by atoms with van der Waals surface area (Å²) in [6.07, 6.45) is 0. The Hall–Kier alpha value is -3.28. The number of hydrogen-bond donors (Lipinski definition) is 1. The van der Waals surface area contributed by atoms with E-state index in [0.717, 1.165) is 5.69 Å². The van der Waals surface area contributed by atoms with E-state index in [0.29, 0.717) is 22.1 Å². The summed E-state index contributed by atoms with van der Waals surface area (Å²) in [6, 6.07) is 11.5. The van der Waals surface area contributed by atoms with Crippen LogP contribution in [0.25, 0.3) is 11.0 Å². The van der Waals surface area contributed by atoms with Gasteiger partial charge in [-0.2, -0.15) is 0 Å². The number of ether oxygens (including phenoxy) is 1. The van der Waals surface area contributed by atoms with Gasteiger partial charge in [0.25, 0.3) is 0 Å². The van der Waals surface area contributed by atoms with Crippen LogP contribution in [0.1, 0.15) is 21.5 Å². The Morgan fingerprint density at radius 2 is 1.96 bits per heavy atom. The van der Waals surface area contributed by atoms with E-state index in [-0.39, 0.29) is 17.9 Å². The summed E-state index contributed by atoms with van der Waals surface area (Å²) < 4.78 is 10.6. The minimum Gasteiger partial charge on any atom is -0.508 e. The fourth-order valence-corrected chi connectivity index (χ4v) is 2.67. The molecule has 134 valence electrons. The van der Waals surface area contributed by atoms with E-state index >= 15 is 0 Å². The Morgan fingerprint density at radius 1 is 1.19 bits per heavy atom. The Kier molecular flexibility index (Phi) is 4.67. The zero-order valence-electron chi connectivity index (χ0n) is 14.8. The molecule has 1 heterocycles. The van der Waals surface area contributed by atoms with Crippen molar-refractivity contribution in [1.82, 2.24) is 0 Å². The maximum atomic E-state index is 12.4. The molecule has 0 fully saturated rings. The molecule has 0 aliphatic rings. The van der Waals surface area contributed by atoms with Crippen LogP contribution in [0, 0.1) is 6.92 Å².